The molecule has 7 heteroatoms. The van der Waals surface area contributed by atoms with Crippen LogP contribution >= 0.6 is 0 Å². The number of rotatable bonds is 2. The zero-order chi connectivity index (χ0) is 11.6. The molecule has 0 unspecified atom stereocenters. The highest BCUT2D eigenvalue weighted by Gasteiger charge is 2.31. The monoisotopic (exact) mass is 222 g/mol. The lowest BCUT2D eigenvalue weighted by atomic mass is 10.1. The van der Waals surface area contributed by atoms with Crippen LogP contribution in [0.3, 0.4) is 0 Å². The lowest BCUT2D eigenvalue weighted by Gasteiger charge is -2.10. The summed E-state index contributed by atoms with van der Waals surface area (Å²) < 4.78 is 39.1. The molecule has 0 aliphatic rings. The Kier molecular flexibility index (Phi) is 3.04. The van der Waals surface area contributed by atoms with Crippen molar-refractivity contribution >= 4 is 0 Å². The molecule has 1 rings (SSSR count). The highest BCUT2D eigenvalue weighted by molar-refractivity contribution is 5.28. The topological polar surface area (TPSA) is 68.1 Å². The van der Waals surface area contributed by atoms with Gasteiger partial charge in [0.2, 0.25) is 5.88 Å². The lowest BCUT2D eigenvalue weighted by Crippen LogP contribution is -2.22. The SMILES string of the molecule is Cc1c(CN)cc(OC(F)(F)F)[nH]c1=O. The largest absolute Gasteiger partial charge is 0.574 e. The van der Waals surface area contributed by atoms with Crippen molar-refractivity contribution < 1.29 is 17.9 Å². The summed E-state index contributed by atoms with van der Waals surface area (Å²) in [5.41, 5.74) is 5.22. The molecule has 0 fully saturated rings. The van der Waals surface area contributed by atoms with Gasteiger partial charge in [0.05, 0.1) is 0 Å². The number of aromatic nitrogens is 1. The van der Waals surface area contributed by atoms with Gasteiger partial charge in [0.1, 0.15) is 0 Å². The van der Waals surface area contributed by atoms with E-state index in [2.05, 4.69) is 4.74 Å². The van der Waals surface area contributed by atoms with E-state index in [1.165, 1.54) is 6.92 Å². The maximum absolute atomic E-state index is 11.8. The molecule has 3 N–H and O–H groups in total. The highest BCUT2D eigenvalue weighted by atomic mass is 19.4. The molecular formula is C8H9F3N2O2. The molecule has 0 atom stereocenters. The summed E-state index contributed by atoms with van der Waals surface area (Å²) in [7, 11) is 0. The first kappa shape index (κ1) is 11.6. The highest BCUT2D eigenvalue weighted by Crippen LogP contribution is 2.20. The van der Waals surface area contributed by atoms with Crippen molar-refractivity contribution in [2.24, 2.45) is 5.73 Å². The average Bonchev–Trinajstić information content (AvgIpc) is 2.08. The number of ether oxygens (including phenoxy) is 1. The van der Waals surface area contributed by atoms with E-state index < -0.39 is 17.8 Å². The second-order valence-electron chi connectivity index (χ2n) is 2.86. The first-order valence-corrected chi connectivity index (χ1v) is 4.02. The predicted molar refractivity (Wildman–Crippen MR) is 46.4 cm³/mol. The number of H-pyrrole nitrogens is 1. The molecule has 0 aliphatic heterocycles. The predicted octanol–water partition coefficient (Wildman–Crippen LogP) is 1.04. The molecule has 0 aromatic carbocycles. The lowest BCUT2D eigenvalue weighted by molar-refractivity contribution is -0.276. The Labute approximate surface area is 82.9 Å². The van der Waals surface area contributed by atoms with Crippen LogP contribution in [0.25, 0.3) is 0 Å². The number of nitrogens with two attached hydrogens (primary N) is 1. The van der Waals surface area contributed by atoms with Crippen molar-refractivity contribution in [2.75, 3.05) is 0 Å². The molecule has 0 saturated heterocycles. The third-order valence-electron chi connectivity index (χ3n) is 1.81. The van der Waals surface area contributed by atoms with Gasteiger partial charge in [-0.2, -0.15) is 0 Å². The van der Waals surface area contributed by atoms with Crippen molar-refractivity contribution in [1.82, 2.24) is 4.98 Å². The van der Waals surface area contributed by atoms with Crippen LogP contribution in [-0.2, 0) is 6.54 Å². The molecular weight excluding hydrogens is 213 g/mol. The molecule has 1 aromatic heterocycles. The van der Waals surface area contributed by atoms with Crippen molar-refractivity contribution in [2.45, 2.75) is 19.8 Å². The molecule has 1 heterocycles. The molecule has 0 spiro atoms. The van der Waals surface area contributed by atoms with E-state index in [4.69, 9.17) is 5.73 Å². The van der Waals surface area contributed by atoms with E-state index in [1.54, 1.807) is 0 Å². The van der Waals surface area contributed by atoms with Gasteiger partial charge < -0.3 is 10.5 Å². The normalized spacial score (nSPS) is 11.5. The number of hydrogen-bond donors (Lipinski definition) is 2. The van der Waals surface area contributed by atoms with Gasteiger partial charge in [0.25, 0.3) is 5.56 Å². The number of hydrogen-bond acceptors (Lipinski definition) is 3. The molecule has 4 nitrogen and oxygen atoms in total. The Morgan fingerprint density at radius 2 is 2.13 bits per heavy atom. The van der Waals surface area contributed by atoms with E-state index >= 15 is 0 Å². The number of halogens is 3. The van der Waals surface area contributed by atoms with Crippen LogP contribution in [0.15, 0.2) is 10.9 Å². The smallest absolute Gasteiger partial charge is 0.390 e. The summed E-state index contributed by atoms with van der Waals surface area (Å²) in [5, 5.41) is 0. The van der Waals surface area contributed by atoms with Gasteiger partial charge in [-0.05, 0) is 12.5 Å². The number of pyridine rings is 1. The number of aromatic amines is 1. The molecule has 84 valence electrons. The summed E-state index contributed by atoms with van der Waals surface area (Å²) >= 11 is 0. The number of nitrogens with one attached hydrogen (secondary N) is 1. The van der Waals surface area contributed by atoms with Crippen molar-refractivity contribution in [3.8, 4) is 5.88 Å². The van der Waals surface area contributed by atoms with Crippen molar-refractivity contribution in [3.05, 3.63) is 27.5 Å². The molecule has 0 bridgehead atoms. The molecule has 15 heavy (non-hydrogen) atoms. The standard InChI is InChI=1S/C8H9F3N2O2/c1-4-5(3-12)2-6(13-7(4)14)15-8(9,10)11/h2H,3,12H2,1H3,(H,13,14). The Bertz CT molecular complexity index is 411. The Hall–Kier alpha value is -1.50. The van der Waals surface area contributed by atoms with Crippen LogP contribution in [0.1, 0.15) is 11.1 Å². The van der Waals surface area contributed by atoms with Crippen LogP contribution in [0.5, 0.6) is 5.88 Å². The quantitative estimate of drug-likeness (QED) is 0.785. The summed E-state index contributed by atoms with van der Waals surface area (Å²) in [6.07, 6.45) is -4.83. The summed E-state index contributed by atoms with van der Waals surface area (Å²) in [4.78, 5) is 13.1. The van der Waals surface area contributed by atoms with Gasteiger partial charge in [-0.1, -0.05) is 0 Å². The van der Waals surface area contributed by atoms with Crippen molar-refractivity contribution in [3.63, 3.8) is 0 Å². The van der Waals surface area contributed by atoms with Crippen LogP contribution in [0.2, 0.25) is 0 Å². The number of alkyl halides is 3. The van der Waals surface area contributed by atoms with E-state index in [-0.39, 0.29) is 12.1 Å². The molecule has 0 aliphatic carbocycles. The fourth-order valence-corrected chi connectivity index (χ4v) is 1.05. The Morgan fingerprint density at radius 3 is 2.60 bits per heavy atom. The van der Waals surface area contributed by atoms with E-state index in [1.807, 2.05) is 4.98 Å². The van der Waals surface area contributed by atoms with Crippen LogP contribution in [-0.4, -0.2) is 11.3 Å². The molecule has 0 saturated carbocycles. The fraction of sp³-hybridized carbons (Fsp3) is 0.375. The second kappa shape index (κ2) is 3.93. The van der Waals surface area contributed by atoms with E-state index in [9.17, 15) is 18.0 Å². The third kappa shape index (κ3) is 2.98. The first-order chi connectivity index (χ1) is 6.83. The minimum atomic E-state index is -4.83. The third-order valence-corrected chi connectivity index (χ3v) is 1.81. The van der Waals surface area contributed by atoms with Crippen molar-refractivity contribution in [1.29, 1.82) is 0 Å². The van der Waals surface area contributed by atoms with Gasteiger partial charge in [0.15, 0.2) is 0 Å². The zero-order valence-corrected chi connectivity index (χ0v) is 7.81. The maximum Gasteiger partial charge on any atom is 0.574 e. The van der Waals surface area contributed by atoms with Gasteiger partial charge in [-0.25, -0.2) is 0 Å². The maximum atomic E-state index is 11.8. The molecule has 0 radical (unpaired) electrons. The van der Waals surface area contributed by atoms with E-state index in [0.29, 0.717) is 5.56 Å². The summed E-state index contributed by atoms with van der Waals surface area (Å²) in [6, 6.07) is 1.06. The first-order valence-electron chi connectivity index (χ1n) is 4.02. The van der Waals surface area contributed by atoms with Gasteiger partial charge in [0, 0.05) is 18.2 Å². The Balaban J connectivity index is 3.12. The van der Waals surface area contributed by atoms with Gasteiger partial charge in [-0.3, -0.25) is 9.78 Å². The minimum Gasteiger partial charge on any atom is -0.390 e. The minimum absolute atomic E-state index is 0.0238. The van der Waals surface area contributed by atoms with Gasteiger partial charge in [-0.15, -0.1) is 13.2 Å². The van der Waals surface area contributed by atoms with Crippen LogP contribution < -0.4 is 16.0 Å². The summed E-state index contributed by atoms with van der Waals surface area (Å²) in [6.45, 7) is 1.45. The molecule has 1 aromatic rings. The zero-order valence-electron chi connectivity index (χ0n) is 7.81. The Morgan fingerprint density at radius 1 is 1.53 bits per heavy atom. The fourth-order valence-electron chi connectivity index (χ4n) is 1.05. The average molecular weight is 222 g/mol. The van der Waals surface area contributed by atoms with Gasteiger partial charge >= 0.3 is 6.36 Å². The van der Waals surface area contributed by atoms with E-state index in [0.717, 1.165) is 6.07 Å². The second-order valence-corrected chi connectivity index (χ2v) is 2.86. The van der Waals surface area contributed by atoms with Crippen LogP contribution in [0, 0.1) is 6.92 Å². The molecule has 0 amide bonds. The summed E-state index contributed by atoms with van der Waals surface area (Å²) in [5.74, 6) is -0.654. The van der Waals surface area contributed by atoms with Crippen LogP contribution in [0.4, 0.5) is 13.2 Å².